The lowest BCUT2D eigenvalue weighted by molar-refractivity contribution is 0.317. The SMILES string of the molecule is CC.CCCOc1ccc(C(N)=N[C@H]2CCNC2)cc1. The summed E-state index contributed by atoms with van der Waals surface area (Å²) in [5.74, 6) is 1.50. The fourth-order valence-electron chi connectivity index (χ4n) is 1.96. The molecule has 1 fully saturated rings. The standard InChI is InChI=1S/C14H21N3O.C2H6/c1-2-9-18-13-5-3-11(4-6-13)14(15)17-12-7-8-16-10-12;1-2/h3-6,12,16H,2,7-10H2,1H3,(H2,15,17);1-2H3/t12-;/m0./s1. The summed E-state index contributed by atoms with van der Waals surface area (Å²) in [6.07, 6.45) is 2.08. The summed E-state index contributed by atoms with van der Waals surface area (Å²) in [5, 5.41) is 3.28. The Balaban J connectivity index is 0.000000956. The first-order valence-corrected chi connectivity index (χ1v) is 7.57. The van der Waals surface area contributed by atoms with Gasteiger partial charge in [0.05, 0.1) is 12.6 Å². The van der Waals surface area contributed by atoms with Crippen LogP contribution in [0.1, 0.15) is 39.2 Å². The van der Waals surface area contributed by atoms with Gasteiger partial charge < -0.3 is 15.8 Å². The van der Waals surface area contributed by atoms with Crippen molar-refractivity contribution < 1.29 is 4.74 Å². The van der Waals surface area contributed by atoms with Crippen molar-refractivity contribution in [1.82, 2.24) is 5.32 Å². The molecule has 112 valence electrons. The lowest BCUT2D eigenvalue weighted by atomic mass is 10.2. The number of amidine groups is 1. The first kappa shape index (κ1) is 16.5. The van der Waals surface area contributed by atoms with Crippen LogP contribution in [0, 0.1) is 0 Å². The van der Waals surface area contributed by atoms with Crippen LogP contribution >= 0.6 is 0 Å². The Hall–Kier alpha value is -1.55. The fraction of sp³-hybridized carbons (Fsp3) is 0.562. The molecule has 20 heavy (non-hydrogen) atoms. The van der Waals surface area contributed by atoms with Gasteiger partial charge in [-0.1, -0.05) is 20.8 Å². The lowest BCUT2D eigenvalue weighted by Crippen LogP contribution is -2.19. The maximum atomic E-state index is 6.01. The normalized spacial score (nSPS) is 18.4. The third kappa shape index (κ3) is 5.21. The van der Waals surface area contributed by atoms with E-state index >= 15 is 0 Å². The highest BCUT2D eigenvalue weighted by Gasteiger charge is 2.13. The van der Waals surface area contributed by atoms with E-state index in [2.05, 4.69) is 17.2 Å². The molecule has 1 saturated heterocycles. The molecular weight excluding hydrogens is 250 g/mol. The van der Waals surface area contributed by atoms with Crippen LogP contribution in [0.5, 0.6) is 5.75 Å². The molecule has 0 unspecified atom stereocenters. The van der Waals surface area contributed by atoms with E-state index in [0.29, 0.717) is 11.9 Å². The average Bonchev–Trinajstić information content (AvgIpc) is 3.00. The van der Waals surface area contributed by atoms with E-state index in [9.17, 15) is 0 Å². The fourth-order valence-corrected chi connectivity index (χ4v) is 1.96. The van der Waals surface area contributed by atoms with Crippen LogP contribution in [0.3, 0.4) is 0 Å². The predicted molar refractivity (Wildman–Crippen MR) is 85.6 cm³/mol. The number of hydrogen-bond acceptors (Lipinski definition) is 3. The molecule has 0 saturated carbocycles. The highest BCUT2D eigenvalue weighted by atomic mass is 16.5. The molecule has 0 bridgehead atoms. The quantitative estimate of drug-likeness (QED) is 0.642. The molecule has 1 aliphatic rings. The summed E-state index contributed by atoms with van der Waals surface area (Å²) in [6.45, 7) is 8.80. The predicted octanol–water partition coefficient (Wildman–Crippen LogP) is 2.57. The summed E-state index contributed by atoms with van der Waals surface area (Å²) in [7, 11) is 0. The van der Waals surface area contributed by atoms with Gasteiger partial charge in [-0.05, 0) is 43.7 Å². The van der Waals surface area contributed by atoms with E-state index in [1.807, 2.05) is 38.1 Å². The lowest BCUT2D eigenvalue weighted by Gasteiger charge is -2.07. The van der Waals surface area contributed by atoms with Crippen molar-refractivity contribution in [2.24, 2.45) is 10.7 Å². The number of nitrogens with two attached hydrogens (primary N) is 1. The van der Waals surface area contributed by atoms with Gasteiger partial charge in [0.2, 0.25) is 0 Å². The van der Waals surface area contributed by atoms with Gasteiger partial charge in [-0.3, -0.25) is 4.99 Å². The Morgan fingerprint density at radius 1 is 1.35 bits per heavy atom. The van der Waals surface area contributed by atoms with Crippen molar-refractivity contribution in [3.8, 4) is 5.75 Å². The highest BCUT2D eigenvalue weighted by molar-refractivity contribution is 5.97. The number of ether oxygens (including phenoxy) is 1. The van der Waals surface area contributed by atoms with Crippen molar-refractivity contribution >= 4 is 5.84 Å². The topological polar surface area (TPSA) is 59.6 Å². The third-order valence-corrected chi connectivity index (χ3v) is 2.98. The van der Waals surface area contributed by atoms with Gasteiger partial charge in [0, 0.05) is 12.1 Å². The molecule has 4 heteroatoms. The van der Waals surface area contributed by atoms with E-state index in [1.54, 1.807) is 0 Å². The number of aliphatic imine (C=N–C) groups is 1. The summed E-state index contributed by atoms with van der Waals surface area (Å²) in [4.78, 5) is 4.53. The van der Waals surface area contributed by atoms with Gasteiger partial charge in [0.15, 0.2) is 0 Å². The second-order valence-corrected chi connectivity index (χ2v) is 4.53. The van der Waals surface area contributed by atoms with E-state index in [-0.39, 0.29) is 0 Å². The van der Waals surface area contributed by atoms with Crippen molar-refractivity contribution in [3.05, 3.63) is 29.8 Å². The first-order chi connectivity index (χ1) is 9.79. The van der Waals surface area contributed by atoms with Crippen LogP contribution in [-0.2, 0) is 0 Å². The Bertz CT molecular complexity index is 395. The number of rotatable bonds is 5. The minimum absolute atomic E-state index is 0.320. The number of hydrogen-bond donors (Lipinski definition) is 2. The zero-order chi connectivity index (χ0) is 14.8. The second kappa shape index (κ2) is 9.37. The molecule has 1 atom stereocenters. The Kier molecular flexibility index (Phi) is 7.73. The van der Waals surface area contributed by atoms with E-state index in [1.165, 1.54) is 0 Å². The molecule has 1 aromatic carbocycles. The zero-order valence-electron chi connectivity index (χ0n) is 12.9. The Morgan fingerprint density at radius 2 is 2.05 bits per heavy atom. The van der Waals surface area contributed by atoms with Gasteiger partial charge >= 0.3 is 0 Å². The monoisotopic (exact) mass is 277 g/mol. The number of nitrogens with zero attached hydrogens (tertiary/aromatic N) is 1. The molecular formula is C16H27N3O. The molecule has 0 aliphatic carbocycles. The molecule has 0 aromatic heterocycles. The molecule has 1 aromatic rings. The van der Waals surface area contributed by atoms with Crippen LogP contribution < -0.4 is 15.8 Å². The van der Waals surface area contributed by atoms with Crippen molar-refractivity contribution in [1.29, 1.82) is 0 Å². The molecule has 0 amide bonds. The summed E-state index contributed by atoms with van der Waals surface area (Å²) < 4.78 is 5.53. The third-order valence-electron chi connectivity index (χ3n) is 2.98. The molecule has 1 aliphatic heterocycles. The van der Waals surface area contributed by atoms with Gasteiger partial charge in [0.1, 0.15) is 11.6 Å². The number of nitrogens with one attached hydrogen (secondary N) is 1. The van der Waals surface area contributed by atoms with Crippen LogP contribution in [-0.4, -0.2) is 31.6 Å². The van der Waals surface area contributed by atoms with Gasteiger partial charge in [-0.15, -0.1) is 0 Å². The molecule has 4 nitrogen and oxygen atoms in total. The van der Waals surface area contributed by atoms with Gasteiger partial charge in [-0.2, -0.15) is 0 Å². The van der Waals surface area contributed by atoms with Gasteiger partial charge in [0.25, 0.3) is 0 Å². The van der Waals surface area contributed by atoms with Crippen molar-refractivity contribution in [2.75, 3.05) is 19.7 Å². The largest absolute Gasteiger partial charge is 0.494 e. The summed E-state index contributed by atoms with van der Waals surface area (Å²) in [5.41, 5.74) is 6.97. The Labute approximate surface area is 122 Å². The summed E-state index contributed by atoms with van der Waals surface area (Å²) in [6, 6.07) is 8.14. The van der Waals surface area contributed by atoms with Crippen molar-refractivity contribution in [3.63, 3.8) is 0 Å². The van der Waals surface area contributed by atoms with Crippen molar-refractivity contribution in [2.45, 2.75) is 39.7 Å². The maximum Gasteiger partial charge on any atom is 0.125 e. The molecule has 3 N–H and O–H groups in total. The highest BCUT2D eigenvalue weighted by Crippen LogP contribution is 2.13. The smallest absolute Gasteiger partial charge is 0.125 e. The van der Waals surface area contributed by atoms with Crippen LogP contribution in [0.4, 0.5) is 0 Å². The minimum atomic E-state index is 0.320. The first-order valence-electron chi connectivity index (χ1n) is 7.57. The molecule has 0 radical (unpaired) electrons. The van der Waals surface area contributed by atoms with Gasteiger partial charge in [-0.25, -0.2) is 0 Å². The van der Waals surface area contributed by atoms with Crippen LogP contribution in [0.25, 0.3) is 0 Å². The van der Waals surface area contributed by atoms with E-state index in [0.717, 1.165) is 43.9 Å². The molecule has 1 heterocycles. The van der Waals surface area contributed by atoms with Crippen LogP contribution in [0.15, 0.2) is 29.3 Å². The Morgan fingerprint density at radius 3 is 2.60 bits per heavy atom. The molecule has 2 rings (SSSR count). The van der Waals surface area contributed by atoms with E-state index in [4.69, 9.17) is 10.5 Å². The average molecular weight is 277 g/mol. The number of benzene rings is 1. The second-order valence-electron chi connectivity index (χ2n) is 4.53. The maximum absolute atomic E-state index is 6.01. The van der Waals surface area contributed by atoms with E-state index < -0.39 is 0 Å². The zero-order valence-corrected chi connectivity index (χ0v) is 12.9. The van der Waals surface area contributed by atoms with Crippen LogP contribution in [0.2, 0.25) is 0 Å². The molecule has 0 spiro atoms. The minimum Gasteiger partial charge on any atom is -0.494 e. The summed E-state index contributed by atoms with van der Waals surface area (Å²) >= 11 is 0.